The van der Waals surface area contributed by atoms with E-state index in [1.165, 1.54) is 12.6 Å². The summed E-state index contributed by atoms with van der Waals surface area (Å²) >= 11 is 0. The molecule has 0 aliphatic heterocycles. The fourth-order valence-corrected chi connectivity index (χ4v) is 2.50. The summed E-state index contributed by atoms with van der Waals surface area (Å²) in [5.74, 6) is 0.176. The summed E-state index contributed by atoms with van der Waals surface area (Å²) in [4.78, 5) is 2.17. The molecule has 0 aromatic heterocycles. The van der Waals surface area contributed by atoms with Gasteiger partial charge in [-0.25, -0.2) is 13.1 Å². The average molecular weight is 270 g/mol. The average Bonchev–Trinajstić information content (AvgIpc) is 2.38. The zero-order valence-corrected chi connectivity index (χ0v) is 12.1. The van der Waals surface area contributed by atoms with E-state index in [4.69, 9.17) is 0 Å². The van der Waals surface area contributed by atoms with Crippen LogP contribution in [0.4, 0.5) is 0 Å². The standard InChI is InChI=1S/C13H22N2O2S/c1-12(13-8-5-4-6-9-13)15(3)10-7-11-18(16,17)14-2/h4-6,8-9,12,14H,7,10-11H2,1-3H3/t12-/m1/s1. The largest absolute Gasteiger partial charge is 0.300 e. The lowest BCUT2D eigenvalue weighted by Crippen LogP contribution is -2.28. The molecule has 1 aromatic rings. The van der Waals surface area contributed by atoms with Gasteiger partial charge in [-0.15, -0.1) is 0 Å². The van der Waals surface area contributed by atoms with E-state index < -0.39 is 10.0 Å². The highest BCUT2D eigenvalue weighted by Crippen LogP contribution is 2.17. The maximum Gasteiger partial charge on any atom is 0.211 e. The number of sulfonamides is 1. The summed E-state index contributed by atoms with van der Waals surface area (Å²) in [7, 11) is 0.385. The molecule has 0 heterocycles. The van der Waals surface area contributed by atoms with Crippen LogP contribution in [-0.4, -0.2) is 39.7 Å². The number of nitrogens with zero attached hydrogens (tertiary/aromatic N) is 1. The van der Waals surface area contributed by atoms with Crippen LogP contribution < -0.4 is 4.72 Å². The van der Waals surface area contributed by atoms with Gasteiger partial charge < -0.3 is 0 Å². The Morgan fingerprint density at radius 2 is 1.89 bits per heavy atom. The quantitative estimate of drug-likeness (QED) is 0.819. The highest BCUT2D eigenvalue weighted by molar-refractivity contribution is 7.89. The first-order valence-electron chi connectivity index (χ1n) is 6.12. The van der Waals surface area contributed by atoms with E-state index in [-0.39, 0.29) is 5.75 Å². The molecule has 5 heteroatoms. The topological polar surface area (TPSA) is 49.4 Å². The van der Waals surface area contributed by atoms with E-state index in [0.29, 0.717) is 12.5 Å². The van der Waals surface area contributed by atoms with Gasteiger partial charge in [0, 0.05) is 6.04 Å². The lowest BCUT2D eigenvalue weighted by atomic mass is 10.1. The molecule has 18 heavy (non-hydrogen) atoms. The molecule has 0 bridgehead atoms. The van der Waals surface area contributed by atoms with Crippen LogP contribution in [0.1, 0.15) is 24.9 Å². The highest BCUT2D eigenvalue weighted by Gasteiger charge is 2.12. The highest BCUT2D eigenvalue weighted by atomic mass is 32.2. The summed E-state index contributed by atoms with van der Waals surface area (Å²) in [6, 6.07) is 10.5. The summed E-state index contributed by atoms with van der Waals surface area (Å²) in [5, 5.41) is 0. The first-order valence-corrected chi connectivity index (χ1v) is 7.78. The predicted molar refractivity (Wildman–Crippen MR) is 75.0 cm³/mol. The summed E-state index contributed by atoms with van der Waals surface area (Å²) in [6.07, 6.45) is 0.636. The number of hydrogen-bond acceptors (Lipinski definition) is 3. The Labute approximate surface area is 110 Å². The fraction of sp³-hybridized carbons (Fsp3) is 0.538. The van der Waals surface area contributed by atoms with Crippen LogP contribution in [0, 0.1) is 0 Å². The van der Waals surface area contributed by atoms with Gasteiger partial charge in [-0.1, -0.05) is 30.3 Å². The molecule has 0 amide bonds. The minimum absolute atomic E-state index is 0.176. The van der Waals surface area contributed by atoms with Gasteiger partial charge in [-0.2, -0.15) is 0 Å². The normalized spacial score (nSPS) is 13.8. The van der Waals surface area contributed by atoms with Crippen molar-refractivity contribution < 1.29 is 8.42 Å². The van der Waals surface area contributed by atoms with Crippen LogP contribution in [0.2, 0.25) is 0 Å². The lowest BCUT2D eigenvalue weighted by Gasteiger charge is -2.24. The molecule has 0 aliphatic carbocycles. The van der Waals surface area contributed by atoms with E-state index in [9.17, 15) is 8.42 Å². The summed E-state index contributed by atoms with van der Waals surface area (Å²) < 4.78 is 24.9. The molecule has 1 aromatic carbocycles. The Morgan fingerprint density at radius 3 is 2.44 bits per heavy atom. The first kappa shape index (κ1) is 15.1. The van der Waals surface area contributed by atoms with E-state index >= 15 is 0 Å². The monoisotopic (exact) mass is 270 g/mol. The molecule has 0 radical (unpaired) electrons. The Morgan fingerprint density at radius 1 is 1.28 bits per heavy atom. The minimum Gasteiger partial charge on any atom is -0.300 e. The van der Waals surface area contributed by atoms with Crippen LogP contribution in [-0.2, 0) is 10.0 Å². The van der Waals surface area contributed by atoms with E-state index in [1.807, 2.05) is 25.2 Å². The Hall–Kier alpha value is -0.910. The lowest BCUT2D eigenvalue weighted by molar-refractivity contribution is 0.262. The molecule has 1 atom stereocenters. The van der Waals surface area contributed by atoms with Crippen molar-refractivity contribution >= 4 is 10.0 Å². The van der Waals surface area contributed by atoms with Crippen LogP contribution in [0.3, 0.4) is 0 Å². The maximum atomic E-state index is 11.3. The van der Waals surface area contributed by atoms with Crippen molar-refractivity contribution in [2.45, 2.75) is 19.4 Å². The van der Waals surface area contributed by atoms with Crippen molar-refractivity contribution in [3.8, 4) is 0 Å². The molecular formula is C13H22N2O2S. The van der Waals surface area contributed by atoms with Gasteiger partial charge in [0.25, 0.3) is 0 Å². The molecule has 0 aliphatic rings. The van der Waals surface area contributed by atoms with Gasteiger partial charge >= 0.3 is 0 Å². The minimum atomic E-state index is -3.08. The van der Waals surface area contributed by atoms with E-state index in [2.05, 4.69) is 28.7 Å². The van der Waals surface area contributed by atoms with Crippen molar-refractivity contribution in [3.63, 3.8) is 0 Å². The molecule has 4 nitrogen and oxygen atoms in total. The zero-order chi connectivity index (χ0) is 13.6. The zero-order valence-electron chi connectivity index (χ0n) is 11.3. The first-order chi connectivity index (χ1) is 8.46. The fourth-order valence-electron chi connectivity index (χ4n) is 1.79. The van der Waals surface area contributed by atoms with Gasteiger partial charge in [-0.05, 0) is 39.5 Å². The van der Waals surface area contributed by atoms with Crippen molar-refractivity contribution in [2.24, 2.45) is 0 Å². The van der Waals surface area contributed by atoms with Gasteiger partial charge in [0.1, 0.15) is 0 Å². The van der Waals surface area contributed by atoms with Crippen LogP contribution in [0.25, 0.3) is 0 Å². The number of hydrogen-bond donors (Lipinski definition) is 1. The molecule has 0 saturated carbocycles. The van der Waals surface area contributed by atoms with Crippen molar-refractivity contribution in [1.82, 2.24) is 9.62 Å². The van der Waals surface area contributed by atoms with Gasteiger partial charge in [-0.3, -0.25) is 4.90 Å². The van der Waals surface area contributed by atoms with Crippen molar-refractivity contribution in [3.05, 3.63) is 35.9 Å². The Bertz CT molecular complexity index is 445. The second-order valence-corrected chi connectivity index (χ2v) is 6.49. The number of rotatable bonds is 7. The van der Waals surface area contributed by atoms with Gasteiger partial charge in [0.2, 0.25) is 10.0 Å². The molecule has 0 saturated heterocycles. The summed E-state index contributed by atoms with van der Waals surface area (Å²) in [5.41, 5.74) is 1.25. The summed E-state index contributed by atoms with van der Waals surface area (Å²) in [6.45, 7) is 2.89. The van der Waals surface area contributed by atoms with E-state index in [0.717, 1.165) is 6.54 Å². The van der Waals surface area contributed by atoms with Crippen LogP contribution in [0.15, 0.2) is 30.3 Å². The number of nitrogens with one attached hydrogen (secondary N) is 1. The third kappa shape index (κ3) is 4.76. The molecule has 102 valence electrons. The second-order valence-electron chi connectivity index (χ2n) is 4.44. The smallest absolute Gasteiger partial charge is 0.211 e. The predicted octanol–water partition coefficient (Wildman–Crippen LogP) is 1.62. The van der Waals surface area contributed by atoms with Crippen molar-refractivity contribution in [1.29, 1.82) is 0 Å². The molecule has 0 unspecified atom stereocenters. The van der Waals surface area contributed by atoms with Gasteiger partial charge in [0.15, 0.2) is 0 Å². The second kappa shape index (κ2) is 6.87. The van der Waals surface area contributed by atoms with Gasteiger partial charge in [0.05, 0.1) is 5.75 Å². The molecular weight excluding hydrogens is 248 g/mol. The Kier molecular flexibility index (Phi) is 5.78. The number of benzene rings is 1. The SMILES string of the molecule is CNS(=O)(=O)CCCN(C)[C@H](C)c1ccccc1. The third-order valence-electron chi connectivity index (χ3n) is 3.18. The molecule has 0 fully saturated rings. The van der Waals surface area contributed by atoms with Crippen LogP contribution >= 0.6 is 0 Å². The van der Waals surface area contributed by atoms with Crippen molar-refractivity contribution in [2.75, 3.05) is 26.4 Å². The molecule has 1 N–H and O–H groups in total. The maximum absolute atomic E-state index is 11.3. The van der Waals surface area contributed by atoms with E-state index in [1.54, 1.807) is 0 Å². The van der Waals surface area contributed by atoms with Crippen LogP contribution in [0.5, 0.6) is 0 Å². The Balaban J connectivity index is 2.44. The molecule has 0 spiro atoms. The third-order valence-corrected chi connectivity index (χ3v) is 4.63. The molecule has 1 rings (SSSR count).